The van der Waals surface area contributed by atoms with Crippen LogP contribution >= 0.6 is 0 Å². The Morgan fingerprint density at radius 3 is 2.72 bits per heavy atom. The molecule has 2 heterocycles. The molecule has 2 rings (SSSR count). The molecule has 102 valence electrons. The smallest absolute Gasteiger partial charge is 0.291 e. The Hall–Kier alpha value is -1.04. The van der Waals surface area contributed by atoms with E-state index in [0.29, 0.717) is 13.1 Å². The summed E-state index contributed by atoms with van der Waals surface area (Å²) >= 11 is 0. The molecule has 6 heteroatoms. The van der Waals surface area contributed by atoms with Crippen LogP contribution in [-0.2, 0) is 13.0 Å². The number of aromatic nitrogens is 2. The average molecular weight is 261 g/mol. The summed E-state index contributed by atoms with van der Waals surface area (Å²) in [5, 5.41) is 7.21. The molecule has 1 N–H and O–H groups in total. The molecule has 0 atom stereocenters. The van der Waals surface area contributed by atoms with Crippen molar-refractivity contribution in [2.75, 3.05) is 13.1 Å². The van der Waals surface area contributed by atoms with E-state index in [1.54, 1.807) is 0 Å². The fourth-order valence-electron chi connectivity index (χ4n) is 2.45. The highest BCUT2D eigenvalue weighted by Crippen LogP contribution is 2.27. The van der Waals surface area contributed by atoms with Gasteiger partial charge in [0.05, 0.1) is 12.2 Å². The molecule has 0 aliphatic carbocycles. The lowest BCUT2D eigenvalue weighted by molar-refractivity contribution is -0.147. The molecule has 0 spiro atoms. The highest BCUT2D eigenvalue weighted by molar-refractivity contribution is 5.28. The van der Waals surface area contributed by atoms with Crippen LogP contribution in [-0.4, -0.2) is 34.4 Å². The first-order chi connectivity index (χ1) is 8.37. The number of fused-ring (bicyclic) bond motifs is 1. The fraction of sp³-hybridized carbons (Fsp3) is 0.750. The van der Waals surface area contributed by atoms with E-state index in [0.717, 1.165) is 29.8 Å². The van der Waals surface area contributed by atoms with Gasteiger partial charge in [-0.3, -0.25) is 10.00 Å². The van der Waals surface area contributed by atoms with E-state index < -0.39 is 12.7 Å². The number of alkyl halides is 3. The van der Waals surface area contributed by atoms with Crippen LogP contribution in [0.25, 0.3) is 0 Å². The zero-order chi connectivity index (χ0) is 13.3. The second-order valence-corrected chi connectivity index (χ2v) is 5.15. The summed E-state index contributed by atoms with van der Waals surface area (Å²) in [6, 6.07) is 0. The summed E-state index contributed by atoms with van der Waals surface area (Å²) in [5.41, 5.74) is 2.87. The maximum absolute atomic E-state index is 12.5. The number of aromatic amines is 1. The van der Waals surface area contributed by atoms with E-state index >= 15 is 0 Å². The molecule has 0 saturated heterocycles. The van der Waals surface area contributed by atoms with Gasteiger partial charge in [-0.2, -0.15) is 18.3 Å². The van der Waals surface area contributed by atoms with Gasteiger partial charge in [0.25, 0.3) is 0 Å². The molecular formula is C12H18F3N3. The number of hydrogen-bond donors (Lipinski definition) is 1. The largest absolute Gasteiger partial charge is 0.401 e. The second-order valence-electron chi connectivity index (χ2n) is 5.15. The van der Waals surface area contributed by atoms with Crippen molar-refractivity contribution >= 4 is 0 Å². The normalized spacial score (nSPS) is 17.9. The molecule has 3 nitrogen and oxygen atoms in total. The topological polar surface area (TPSA) is 31.9 Å². The van der Waals surface area contributed by atoms with Crippen molar-refractivity contribution in [3.8, 4) is 0 Å². The minimum Gasteiger partial charge on any atom is -0.291 e. The van der Waals surface area contributed by atoms with Gasteiger partial charge >= 0.3 is 6.18 Å². The Bertz CT molecular complexity index is 409. The maximum Gasteiger partial charge on any atom is 0.401 e. The van der Waals surface area contributed by atoms with Gasteiger partial charge in [0.15, 0.2) is 0 Å². The first-order valence-electron chi connectivity index (χ1n) is 6.22. The third-order valence-electron chi connectivity index (χ3n) is 3.22. The van der Waals surface area contributed by atoms with Gasteiger partial charge in [-0.05, 0) is 25.3 Å². The first kappa shape index (κ1) is 13.4. The standard InChI is InChI=1S/C12H18F3N3/c1-8(2)11-9-6-18(7-12(13,14)15)5-3-4-10(9)16-17-11/h8H,3-7H2,1-2H3,(H,16,17). The summed E-state index contributed by atoms with van der Waals surface area (Å²) < 4.78 is 37.4. The molecule has 0 amide bonds. The predicted molar refractivity (Wildman–Crippen MR) is 62.3 cm³/mol. The molecular weight excluding hydrogens is 243 g/mol. The number of hydrogen-bond acceptors (Lipinski definition) is 2. The monoisotopic (exact) mass is 261 g/mol. The third-order valence-corrected chi connectivity index (χ3v) is 3.22. The van der Waals surface area contributed by atoms with Crippen molar-refractivity contribution in [2.45, 2.75) is 45.3 Å². The highest BCUT2D eigenvalue weighted by Gasteiger charge is 2.32. The van der Waals surface area contributed by atoms with E-state index in [4.69, 9.17) is 0 Å². The van der Waals surface area contributed by atoms with Gasteiger partial charge in [0.1, 0.15) is 0 Å². The Kier molecular flexibility index (Phi) is 3.66. The second kappa shape index (κ2) is 4.91. The third kappa shape index (κ3) is 3.04. The Morgan fingerprint density at radius 1 is 1.39 bits per heavy atom. The Labute approximate surface area is 104 Å². The molecule has 0 aromatic carbocycles. The number of rotatable bonds is 2. The lowest BCUT2D eigenvalue weighted by Crippen LogP contribution is -2.34. The quantitative estimate of drug-likeness (QED) is 0.887. The predicted octanol–water partition coefficient (Wildman–Crippen LogP) is 2.84. The molecule has 0 radical (unpaired) electrons. The zero-order valence-corrected chi connectivity index (χ0v) is 10.6. The summed E-state index contributed by atoms with van der Waals surface area (Å²) in [6.07, 6.45) is -2.61. The van der Waals surface area contributed by atoms with Crippen LogP contribution in [0.15, 0.2) is 0 Å². The van der Waals surface area contributed by atoms with E-state index in [2.05, 4.69) is 10.2 Å². The van der Waals surface area contributed by atoms with Crippen LogP contribution in [0, 0.1) is 0 Å². The molecule has 0 saturated carbocycles. The van der Waals surface area contributed by atoms with Crippen molar-refractivity contribution < 1.29 is 13.2 Å². The lowest BCUT2D eigenvalue weighted by Gasteiger charge is -2.22. The van der Waals surface area contributed by atoms with Crippen LogP contribution in [0.2, 0.25) is 0 Å². The molecule has 1 aromatic heterocycles. The van der Waals surface area contributed by atoms with Gasteiger partial charge in [-0.25, -0.2) is 0 Å². The Balaban J connectivity index is 2.19. The Morgan fingerprint density at radius 2 is 2.11 bits per heavy atom. The maximum atomic E-state index is 12.5. The average Bonchev–Trinajstić information content (AvgIpc) is 2.50. The highest BCUT2D eigenvalue weighted by atomic mass is 19.4. The van der Waals surface area contributed by atoms with Crippen LogP contribution in [0.3, 0.4) is 0 Å². The van der Waals surface area contributed by atoms with Crippen molar-refractivity contribution in [3.05, 3.63) is 17.0 Å². The zero-order valence-electron chi connectivity index (χ0n) is 10.6. The number of nitrogens with one attached hydrogen (secondary N) is 1. The van der Waals surface area contributed by atoms with Crippen molar-refractivity contribution in [2.24, 2.45) is 0 Å². The molecule has 1 aliphatic heterocycles. The lowest BCUT2D eigenvalue weighted by atomic mass is 10.0. The number of nitrogens with zero attached hydrogens (tertiary/aromatic N) is 2. The van der Waals surface area contributed by atoms with Gasteiger partial charge in [-0.15, -0.1) is 0 Å². The number of halogens is 3. The van der Waals surface area contributed by atoms with Crippen molar-refractivity contribution in [1.29, 1.82) is 0 Å². The summed E-state index contributed by atoms with van der Waals surface area (Å²) in [5.74, 6) is 0.232. The van der Waals surface area contributed by atoms with Gasteiger partial charge in [0, 0.05) is 17.8 Å². The van der Waals surface area contributed by atoms with Gasteiger partial charge in [0.2, 0.25) is 0 Å². The summed E-state index contributed by atoms with van der Waals surface area (Å²) in [4.78, 5) is 1.47. The number of H-pyrrole nitrogens is 1. The minimum atomic E-state index is -4.13. The molecule has 18 heavy (non-hydrogen) atoms. The number of aryl methyl sites for hydroxylation is 1. The molecule has 1 aromatic rings. The molecule has 0 fully saturated rings. The molecule has 1 aliphatic rings. The first-order valence-corrected chi connectivity index (χ1v) is 6.22. The van der Waals surface area contributed by atoms with Crippen LogP contribution in [0.5, 0.6) is 0 Å². The van der Waals surface area contributed by atoms with E-state index in [1.165, 1.54) is 4.90 Å². The molecule has 0 unspecified atom stereocenters. The van der Waals surface area contributed by atoms with Crippen molar-refractivity contribution in [3.63, 3.8) is 0 Å². The summed E-state index contributed by atoms with van der Waals surface area (Å²) in [7, 11) is 0. The SMILES string of the molecule is CC(C)c1n[nH]c2c1CN(CC(F)(F)F)CCC2. The summed E-state index contributed by atoms with van der Waals surface area (Å²) in [6.45, 7) is 4.01. The van der Waals surface area contributed by atoms with Gasteiger partial charge < -0.3 is 0 Å². The van der Waals surface area contributed by atoms with E-state index in [-0.39, 0.29) is 5.92 Å². The van der Waals surface area contributed by atoms with Crippen LogP contribution in [0.4, 0.5) is 13.2 Å². The van der Waals surface area contributed by atoms with Gasteiger partial charge in [-0.1, -0.05) is 13.8 Å². The van der Waals surface area contributed by atoms with E-state index in [1.807, 2.05) is 13.8 Å². The molecule has 0 bridgehead atoms. The van der Waals surface area contributed by atoms with Crippen LogP contribution in [0.1, 0.15) is 43.1 Å². The van der Waals surface area contributed by atoms with Crippen molar-refractivity contribution in [1.82, 2.24) is 15.1 Å². The minimum absolute atomic E-state index is 0.232. The fourth-order valence-corrected chi connectivity index (χ4v) is 2.45. The van der Waals surface area contributed by atoms with E-state index in [9.17, 15) is 13.2 Å². The van der Waals surface area contributed by atoms with Crippen LogP contribution < -0.4 is 0 Å².